The lowest BCUT2D eigenvalue weighted by molar-refractivity contribution is -0.157. The number of carbonyl (C=O) groups excluding carboxylic acids is 2. The number of nitrogens with one attached hydrogen (secondary N) is 1. The summed E-state index contributed by atoms with van der Waals surface area (Å²) in [6.45, 7) is 9.73. The van der Waals surface area contributed by atoms with Crippen molar-refractivity contribution in [1.29, 1.82) is 0 Å². The number of furan rings is 1. The lowest BCUT2D eigenvalue weighted by Gasteiger charge is -2.34. The van der Waals surface area contributed by atoms with Gasteiger partial charge in [0.1, 0.15) is 28.8 Å². The van der Waals surface area contributed by atoms with Crippen LogP contribution in [0.4, 0.5) is 0 Å². The molecule has 0 radical (unpaired) electrons. The summed E-state index contributed by atoms with van der Waals surface area (Å²) in [6.07, 6.45) is 0.534. The summed E-state index contributed by atoms with van der Waals surface area (Å²) in [7, 11) is 0. The molecule has 1 aliphatic heterocycles. The maximum absolute atomic E-state index is 14.0. The molecule has 7 nitrogen and oxygen atoms in total. The molecular formula is C36H40N2O5. The molecule has 1 aliphatic rings. The number of amides is 1. The molecule has 224 valence electrons. The van der Waals surface area contributed by atoms with E-state index in [1.807, 2.05) is 106 Å². The van der Waals surface area contributed by atoms with E-state index in [2.05, 4.69) is 29.7 Å². The second kappa shape index (κ2) is 12.6. The quantitative estimate of drug-likeness (QED) is 0.212. The summed E-state index contributed by atoms with van der Waals surface area (Å²) in [6, 6.07) is 31.8. The number of rotatable bonds is 9. The first kappa shape index (κ1) is 30.3. The highest BCUT2D eigenvalue weighted by molar-refractivity contribution is 5.87. The van der Waals surface area contributed by atoms with Crippen molar-refractivity contribution in [2.75, 3.05) is 6.61 Å². The van der Waals surface area contributed by atoms with Crippen LogP contribution in [0.3, 0.4) is 0 Å². The number of ether oxygens (including phenoxy) is 2. The third-order valence-corrected chi connectivity index (χ3v) is 7.47. The van der Waals surface area contributed by atoms with E-state index in [4.69, 9.17) is 13.9 Å². The van der Waals surface area contributed by atoms with E-state index in [9.17, 15) is 9.59 Å². The number of nitrogens with zero attached hydrogens (tertiary/aromatic N) is 1. The Hall–Kier alpha value is -4.20. The van der Waals surface area contributed by atoms with Crippen LogP contribution in [0, 0.1) is 0 Å². The smallest absolute Gasteiger partial charge is 0.307 e. The Bertz CT molecular complexity index is 1520. The average Bonchev–Trinajstić information content (AvgIpc) is 3.57. The summed E-state index contributed by atoms with van der Waals surface area (Å²) < 4.78 is 17.9. The van der Waals surface area contributed by atoms with Crippen LogP contribution in [0.5, 0.6) is 0 Å². The van der Waals surface area contributed by atoms with Crippen LogP contribution in [0.25, 0.3) is 22.5 Å². The predicted octanol–water partition coefficient (Wildman–Crippen LogP) is 7.14. The summed E-state index contributed by atoms with van der Waals surface area (Å²) >= 11 is 0. The zero-order chi connectivity index (χ0) is 30.6. The number of carbonyl (C=O) groups is 2. The van der Waals surface area contributed by atoms with E-state index in [1.54, 1.807) is 6.07 Å². The molecule has 5 rings (SSSR count). The van der Waals surface area contributed by atoms with Crippen LogP contribution in [0.1, 0.15) is 58.3 Å². The van der Waals surface area contributed by atoms with Gasteiger partial charge >= 0.3 is 5.97 Å². The van der Waals surface area contributed by atoms with Crippen molar-refractivity contribution in [3.8, 4) is 22.5 Å². The van der Waals surface area contributed by atoms with Crippen LogP contribution in [0.15, 0.2) is 101 Å². The molecule has 1 amide bonds. The number of esters is 1. The van der Waals surface area contributed by atoms with Gasteiger partial charge in [-0.2, -0.15) is 5.01 Å². The Morgan fingerprint density at radius 2 is 1.49 bits per heavy atom. The predicted molar refractivity (Wildman–Crippen MR) is 167 cm³/mol. The fourth-order valence-electron chi connectivity index (χ4n) is 5.37. The van der Waals surface area contributed by atoms with Crippen molar-refractivity contribution in [3.63, 3.8) is 0 Å². The Morgan fingerprint density at radius 3 is 2.14 bits per heavy atom. The van der Waals surface area contributed by atoms with E-state index in [0.717, 1.165) is 22.3 Å². The van der Waals surface area contributed by atoms with Crippen LogP contribution in [-0.2, 0) is 25.5 Å². The van der Waals surface area contributed by atoms with Gasteiger partial charge in [0.15, 0.2) is 0 Å². The van der Waals surface area contributed by atoms with Gasteiger partial charge in [-0.05, 0) is 69.9 Å². The molecule has 4 aromatic rings. The molecule has 1 saturated heterocycles. The molecule has 1 N–H and O–H groups in total. The fourth-order valence-corrected chi connectivity index (χ4v) is 5.37. The van der Waals surface area contributed by atoms with Gasteiger partial charge in [0.05, 0.1) is 19.1 Å². The van der Waals surface area contributed by atoms with Gasteiger partial charge in [-0.15, -0.1) is 0 Å². The molecule has 43 heavy (non-hydrogen) atoms. The first-order valence-electron chi connectivity index (χ1n) is 14.7. The molecule has 7 heteroatoms. The number of hydrogen-bond acceptors (Lipinski definition) is 6. The van der Waals surface area contributed by atoms with E-state index < -0.39 is 23.2 Å². The average molecular weight is 581 g/mol. The third-order valence-electron chi connectivity index (χ3n) is 7.47. The fraction of sp³-hybridized carbons (Fsp3) is 0.333. The lowest BCUT2D eigenvalue weighted by Crippen LogP contribution is -2.56. The molecule has 2 heterocycles. The van der Waals surface area contributed by atoms with Crippen molar-refractivity contribution >= 4 is 11.9 Å². The van der Waals surface area contributed by atoms with Gasteiger partial charge < -0.3 is 13.9 Å². The molecule has 1 aromatic heterocycles. The topological polar surface area (TPSA) is 81.0 Å². The van der Waals surface area contributed by atoms with E-state index in [0.29, 0.717) is 24.5 Å². The summed E-state index contributed by atoms with van der Waals surface area (Å²) in [4.78, 5) is 26.9. The van der Waals surface area contributed by atoms with E-state index in [1.165, 1.54) is 0 Å². The molecule has 2 unspecified atom stereocenters. The maximum Gasteiger partial charge on any atom is 0.307 e. The number of benzene rings is 3. The highest BCUT2D eigenvalue weighted by Crippen LogP contribution is 2.32. The number of hydrazine groups is 1. The van der Waals surface area contributed by atoms with Gasteiger partial charge in [0.25, 0.3) is 0 Å². The minimum atomic E-state index is -0.902. The lowest BCUT2D eigenvalue weighted by atomic mass is 10.0. The standard InChI is InChI=1S/C36H40N2O5/c1-35(2,3)43-33(39)23-30(34(40)37-38-29(24-41-36(38,4)5)22-25-12-8-6-9-13-25)32-21-20-31(42-32)28-18-16-27(17-19-28)26-14-10-7-11-15-26/h6-21,29-30H,22-24H2,1-5H3,(H,37,40). The molecule has 0 spiro atoms. The molecule has 0 saturated carbocycles. The zero-order valence-electron chi connectivity index (χ0n) is 25.5. The summed E-state index contributed by atoms with van der Waals surface area (Å²) in [5.74, 6) is -0.731. The van der Waals surface area contributed by atoms with Gasteiger partial charge in [-0.1, -0.05) is 84.9 Å². The van der Waals surface area contributed by atoms with Crippen molar-refractivity contribution < 1.29 is 23.5 Å². The van der Waals surface area contributed by atoms with Crippen molar-refractivity contribution in [3.05, 3.63) is 108 Å². The van der Waals surface area contributed by atoms with Gasteiger partial charge in [0.2, 0.25) is 5.91 Å². The van der Waals surface area contributed by atoms with Crippen molar-refractivity contribution in [1.82, 2.24) is 10.4 Å². The molecule has 1 fully saturated rings. The Labute approximate surface area is 253 Å². The van der Waals surface area contributed by atoms with Gasteiger partial charge in [-0.3, -0.25) is 15.0 Å². The van der Waals surface area contributed by atoms with Crippen LogP contribution < -0.4 is 5.43 Å². The van der Waals surface area contributed by atoms with E-state index >= 15 is 0 Å². The first-order chi connectivity index (χ1) is 20.5. The van der Waals surface area contributed by atoms with Crippen molar-refractivity contribution in [2.45, 2.75) is 70.7 Å². The molecule has 2 atom stereocenters. The largest absolute Gasteiger partial charge is 0.460 e. The van der Waals surface area contributed by atoms with Gasteiger partial charge in [0, 0.05) is 5.56 Å². The third kappa shape index (κ3) is 7.61. The summed E-state index contributed by atoms with van der Waals surface area (Å²) in [5, 5.41) is 1.86. The minimum absolute atomic E-state index is 0.0844. The van der Waals surface area contributed by atoms with Crippen LogP contribution in [0.2, 0.25) is 0 Å². The second-order valence-corrected chi connectivity index (χ2v) is 12.4. The summed E-state index contributed by atoms with van der Waals surface area (Å²) in [5.41, 5.74) is 5.91. The van der Waals surface area contributed by atoms with E-state index in [-0.39, 0.29) is 18.4 Å². The highest BCUT2D eigenvalue weighted by atomic mass is 16.6. The zero-order valence-corrected chi connectivity index (χ0v) is 25.5. The Morgan fingerprint density at radius 1 is 0.884 bits per heavy atom. The SMILES string of the molecule is CC(C)(C)OC(=O)CC(C(=O)NN1C(Cc2ccccc2)COC1(C)C)c1ccc(-c2ccc(-c3ccccc3)cc2)o1. The minimum Gasteiger partial charge on any atom is -0.460 e. The Balaban J connectivity index is 1.38. The normalized spacial score (nSPS) is 17.4. The maximum atomic E-state index is 14.0. The van der Waals surface area contributed by atoms with Crippen LogP contribution >= 0.6 is 0 Å². The van der Waals surface area contributed by atoms with Gasteiger partial charge in [-0.25, -0.2) is 0 Å². The molecular weight excluding hydrogens is 540 g/mol. The monoisotopic (exact) mass is 580 g/mol. The van der Waals surface area contributed by atoms with Crippen molar-refractivity contribution in [2.24, 2.45) is 0 Å². The number of hydrogen-bond donors (Lipinski definition) is 1. The molecule has 0 bridgehead atoms. The highest BCUT2D eigenvalue weighted by Gasteiger charge is 2.43. The Kier molecular flexibility index (Phi) is 8.85. The second-order valence-electron chi connectivity index (χ2n) is 12.4. The molecule has 3 aromatic carbocycles. The first-order valence-corrected chi connectivity index (χ1v) is 14.7. The van der Waals surface area contributed by atoms with Crippen LogP contribution in [-0.4, -0.2) is 40.9 Å². The molecule has 0 aliphatic carbocycles.